The number of thioether (sulfide) groups is 1. The molecule has 0 saturated heterocycles. The lowest BCUT2D eigenvalue weighted by Crippen LogP contribution is -2.08. The molecule has 0 aliphatic carbocycles. The van der Waals surface area contributed by atoms with Gasteiger partial charge in [-0.3, -0.25) is 0 Å². The normalized spacial score (nSPS) is 12.3. The van der Waals surface area contributed by atoms with Gasteiger partial charge in [0, 0.05) is 11.8 Å². The Hall–Kier alpha value is -1.50. The predicted molar refractivity (Wildman–Crippen MR) is 96.5 cm³/mol. The van der Waals surface area contributed by atoms with Gasteiger partial charge in [0.2, 0.25) is 0 Å². The van der Waals surface area contributed by atoms with Gasteiger partial charge in [0.25, 0.3) is 0 Å². The summed E-state index contributed by atoms with van der Waals surface area (Å²) in [7, 11) is 3.15. The molecule has 1 atom stereocenters. The second-order valence-corrected chi connectivity index (χ2v) is 6.63. The van der Waals surface area contributed by atoms with Crippen LogP contribution in [0.4, 0.5) is 0 Å². The molecule has 0 amide bonds. The number of halogens is 1. The summed E-state index contributed by atoms with van der Waals surface area (Å²) in [6.45, 7) is 4.10. The van der Waals surface area contributed by atoms with Gasteiger partial charge in [-0.2, -0.15) is 0 Å². The molecule has 0 fully saturated rings. The zero-order valence-electron chi connectivity index (χ0n) is 14.3. The molecule has 7 heteroatoms. The Morgan fingerprint density at radius 2 is 1.67 bits per heavy atom. The first-order chi connectivity index (χ1) is 11.4. The number of nitrogens with zero attached hydrogens (tertiary/aromatic N) is 2. The van der Waals surface area contributed by atoms with E-state index in [9.17, 15) is 5.11 Å². The summed E-state index contributed by atoms with van der Waals surface area (Å²) in [5, 5.41) is 11.7. The lowest BCUT2D eigenvalue weighted by Gasteiger charge is -2.21. The van der Waals surface area contributed by atoms with Crippen molar-refractivity contribution in [1.82, 2.24) is 9.97 Å². The smallest absolute Gasteiger partial charge is 0.188 e. The van der Waals surface area contributed by atoms with Crippen molar-refractivity contribution in [3.8, 4) is 11.5 Å². The minimum atomic E-state index is -0.953. The zero-order valence-corrected chi connectivity index (χ0v) is 15.9. The topological polar surface area (TPSA) is 64.5 Å². The molecule has 130 valence electrons. The standard InChI is InChI=1S/C17H21ClN2O3S/c1-9(2)10-6-13(22-3)14(23-4)7-11(10)15(21)12-8-19-17(24-5)20-16(12)18/h6-9,15,21H,1-5H3. The fourth-order valence-electron chi connectivity index (χ4n) is 2.45. The number of benzene rings is 1. The molecule has 0 spiro atoms. The first-order valence-electron chi connectivity index (χ1n) is 7.43. The second-order valence-electron chi connectivity index (χ2n) is 5.50. The van der Waals surface area contributed by atoms with Gasteiger partial charge >= 0.3 is 0 Å². The second kappa shape index (κ2) is 8.05. The third kappa shape index (κ3) is 3.77. The van der Waals surface area contributed by atoms with E-state index in [1.807, 2.05) is 26.2 Å². The van der Waals surface area contributed by atoms with Crippen LogP contribution in [-0.4, -0.2) is 35.5 Å². The van der Waals surface area contributed by atoms with Crippen LogP contribution in [0.1, 0.15) is 42.6 Å². The molecule has 1 aromatic carbocycles. The molecular weight excluding hydrogens is 348 g/mol. The molecular formula is C17H21ClN2O3S. The molecule has 1 heterocycles. The number of aliphatic hydroxyl groups excluding tert-OH is 1. The quantitative estimate of drug-likeness (QED) is 0.471. The van der Waals surface area contributed by atoms with Gasteiger partial charge in [-0.1, -0.05) is 37.2 Å². The Morgan fingerprint density at radius 1 is 1.08 bits per heavy atom. The van der Waals surface area contributed by atoms with Crippen molar-refractivity contribution in [2.45, 2.75) is 31.0 Å². The van der Waals surface area contributed by atoms with Crippen molar-refractivity contribution in [2.24, 2.45) is 0 Å². The SMILES string of the molecule is COc1cc(C(C)C)c(C(O)c2cnc(SC)nc2Cl)cc1OC. The number of aromatic nitrogens is 2. The third-order valence-corrected chi connectivity index (χ3v) is 4.59. The van der Waals surface area contributed by atoms with E-state index in [-0.39, 0.29) is 11.1 Å². The lowest BCUT2D eigenvalue weighted by molar-refractivity contribution is 0.216. The highest BCUT2D eigenvalue weighted by molar-refractivity contribution is 7.98. The summed E-state index contributed by atoms with van der Waals surface area (Å²) in [6, 6.07) is 3.66. The zero-order chi connectivity index (χ0) is 17.9. The molecule has 2 rings (SSSR count). The highest BCUT2D eigenvalue weighted by Crippen LogP contribution is 2.39. The van der Waals surface area contributed by atoms with Crippen molar-refractivity contribution in [1.29, 1.82) is 0 Å². The highest BCUT2D eigenvalue weighted by Gasteiger charge is 2.23. The first kappa shape index (κ1) is 18.8. The minimum absolute atomic E-state index is 0.180. The molecule has 0 aliphatic heterocycles. The Morgan fingerprint density at radius 3 is 2.12 bits per heavy atom. The van der Waals surface area contributed by atoms with Crippen LogP contribution in [0.3, 0.4) is 0 Å². The molecule has 0 saturated carbocycles. The molecule has 1 aromatic heterocycles. The Balaban J connectivity index is 2.57. The number of hydrogen-bond acceptors (Lipinski definition) is 6. The van der Waals surface area contributed by atoms with Crippen LogP contribution in [-0.2, 0) is 0 Å². The minimum Gasteiger partial charge on any atom is -0.493 e. The summed E-state index contributed by atoms with van der Waals surface area (Å²) < 4.78 is 10.7. The molecule has 0 aliphatic rings. The van der Waals surface area contributed by atoms with Crippen LogP contribution < -0.4 is 9.47 Å². The Kier molecular flexibility index (Phi) is 6.32. The summed E-state index contributed by atoms with van der Waals surface area (Å²) in [5.41, 5.74) is 2.11. The van der Waals surface area contributed by atoms with Crippen LogP contribution in [0, 0.1) is 0 Å². The molecule has 0 radical (unpaired) electrons. The van der Waals surface area contributed by atoms with Gasteiger partial charge in [0.1, 0.15) is 11.3 Å². The van der Waals surface area contributed by atoms with E-state index in [4.69, 9.17) is 21.1 Å². The number of methoxy groups -OCH3 is 2. The van der Waals surface area contributed by atoms with Crippen molar-refractivity contribution in [2.75, 3.05) is 20.5 Å². The molecule has 24 heavy (non-hydrogen) atoms. The molecule has 1 N–H and O–H groups in total. The number of hydrogen-bond donors (Lipinski definition) is 1. The van der Waals surface area contributed by atoms with Crippen LogP contribution in [0.25, 0.3) is 0 Å². The fourth-order valence-corrected chi connectivity index (χ4v) is 3.07. The van der Waals surface area contributed by atoms with Crippen LogP contribution >= 0.6 is 23.4 Å². The maximum Gasteiger partial charge on any atom is 0.188 e. The van der Waals surface area contributed by atoms with Gasteiger partial charge in [-0.15, -0.1) is 0 Å². The molecule has 5 nitrogen and oxygen atoms in total. The Bertz CT molecular complexity index is 725. The average Bonchev–Trinajstić information content (AvgIpc) is 2.59. The van der Waals surface area contributed by atoms with Crippen LogP contribution in [0.5, 0.6) is 11.5 Å². The van der Waals surface area contributed by atoms with E-state index >= 15 is 0 Å². The van der Waals surface area contributed by atoms with E-state index < -0.39 is 6.10 Å². The first-order valence-corrected chi connectivity index (χ1v) is 9.03. The Labute approximate surface area is 151 Å². The van der Waals surface area contributed by atoms with Gasteiger partial charge < -0.3 is 14.6 Å². The molecule has 0 bridgehead atoms. The number of ether oxygens (including phenoxy) is 2. The largest absolute Gasteiger partial charge is 0.493 e. The van der Waals surface area contributed by atoms with E-state index in [1.165, 1.54) is 11.8 Å². The third-order valence-electron chi connectivity index (χ3n) is 3.73. The number of rotatable bonds is 6. The van der Waals surface area contributed by atoms with Crippen molar-refractivity contribution >= 4 is 23.4 Å². The average molecular weight is 369 g/mol. The highest BCUT2D eigenvalue weighted by atomic mass is 35.5. The maximum atomic E-state index is 10.9. The summed E-state index contributed by atoms with van der Waals surface area (Å²) in [5.74, 6) is 1.35. The van der Waals surface area contributed by atoms with E-state index in [0.717, 1.165) is 5.56 Å². The van der Waals surface area contributed by atoms with Crippen molar-refractivity contribution in [3.05, 3.63) is 40.2 Å². The van der Waals surface area contributed by atoms with Gasteiger partial charge in [-0.25, -0.2) is 9.97 Å². The molecule has 1 unspecified atom stereocenters. The maximum absolute atomic E-state index is 10.9. The van der Waals surface area contributed by atoms with Gasteiger partial charge in [0.05, 0.1) is 14.2 Å². The van der Waals surface area contributed by atoms with Gasteiger partial charge in [0.15, 0.2) is 16.7 Å². The van der Waals surface area contributed by atoms with Crippen LogP contribution in [0.2, 0.25) is 5.15 Å². The summed E-state index contributed by atoms with van der Waals surface area (Å²) in [6.07, 6.45) is 2.48. The summed E-state index contributed by atoms with van der Waals surface area (Å²) in [4.78, 5) is 8.40. The van der Waals surface area contributed by atoms with E-state index in [1.54, 1.807) is 26.5 Å². The fraction of sp³-hybridized carbons (Fsp3) is 0.412. The molecule has 2 aromatic rings. The monoisotopic (exact) mass is 368 g/mol. The van der Waals surface area contributed by atoms with E-state index in [2.05, 4.69) is 9.97 Å². The number of aliphatic hydroxyl groups is 1. The van der Waals surface area contributed by atoms with Crippen molar-refractivity contribution in [3.63, 3.8) is 0 Å². The van der Waals surface area contributed by atoms with Crippen LogP contribution in [0.15, 0.2) is 23.5 Å². The van der Waals surface area contributed by atoms with Crippen molar-refractivity contribution < 1.29 is 14.6 Å². The van der Waals surface area contributed by atoms with Gasteiger partial charge in [-0.05, 0) is 35.4 Å². The lowest BCUT2D eigenvalue weighted by atomic mass is 9.91. The van der Waals surface area contributed by atoms with E-state index in [0.29, 0.717) is 27.8 Å². The predicted octanol–water partition coefficient (Wildman–Crippen LogP) is 4.07. The summed E-state index contributed by atoms with van der Waals surface area (Å²) >= 11 is 7.63.